The molecule has 3 rings (SSSR count). The summed E-state index contributed by atoms with van der Waals surface area (Å²) in [6.07, 6.45) is 2.20. The zero-order valence-electron chi connectivity index (χ0n) is 12.3. The first-order chi connectivity index (χ1) is 9.69. The molecular weight excluding hydrogens is 250 g/mol. The monoisotopic (exact) mass is 273 g/mol. The molecular formula is C16H23N3O. The molecule has 1 aromatic heterocycles. The van der Waals surface area contributed by atoms with Crippen molar-refractivity contribution in [2.75, 3.05) is 33.2 Å². The number of nitrogens with zero attached hydrogens (tertiary/aromatic N) is 3. The van der Waals surface area contributed by atoms with Gasteiger partial charge in [0.05, 0.1) is 5.52 Å². The van der Waals surface area contributed by atoms with Gasteiger partial charge >= 0.3 is 0 Å². The highest BCUT2D eigenvalue weighted by Crippen LogP contribution is 2.29. The second kappa shape index (κ2) is 5.46. The molecule has 1 aliphatic heterocycles. The number of likely N-dealkylation sites (N-methyl/N-ethyl adjacent to an activating group) is 1. The van der Waals surface area contributed by atoms with E-state index in [-0.39, 0.29) is 0 Å². The summed E-state index contributed by atoms with van der Waals surface area (Å²) >= 11 is 0. The van der Waals surface area contributed by atoms with Crippen LogP contribution in [-0.4, -0.2) is 52.7 Å². The molecule has 0 amide bonds. The molecule has 0 bridgehead atoms. The SMILES string of the molecule is CCn1cc(CN2CCN(C)CC2)c2cccc(O)c21. The highest BCUT2D eigenvalue weighted by Gasteiger charge is 2.17. The molecule has 1 aromatic carbocycles. The van der Waals surface area contributed by atoms with Crippen LogP contribution < -0.4 is 0 Å². The van der Waals surface area contributed by atoms with Crippen LogP contribution in [0.1, 0.15) is 12.5 Å². The van der Waals surface area contributed by atoms with Crippen LogP contribution >= 0.6 is 0 Å². The van der Waals surface area contributed by atoms with Gasteiger partial charge in [-0.1, -0.05) is 12.1 Å². The molecule has 108 valence electrons. The average molecular weight is 273 g/mol. The van der Waals surface area contributed by atoms with E-state index in [1.165, 1.54) is 10.9 Å². The number of phenols is 1. The van der Waals surface area contributed by atoms with Crippen molar-refractivity contribution in [3.05, 3.63) is 30.0 Å². The molecule has 4 nitrogen and oxygen atoms in total. The van der Waals surface area contributed by atoms with E-state index < -0.39 is 0 Å². The van der Waals surface area contributed by atoms with Gasteiger partial charge in [-0.05, 0) is 25.6 Å². The summed E-state index contributed by atoms with van der Waals surface area (Å²) in [5.74, 6) is 0.383. The molecule has 0 unspecified atom stereocenters. The summed E-state index contributed by atoms with van der Waals surface area (Å²) in [5.41, 5.74) is 2.29. The predicted octanol–water partition coefficient (Wildman–Crippen LogP) is 2.11. The van der Waals surface area contributed by atoms with Crippen molar-refractivity contribution in [1.82, 2.24) is 14.4 Å². The molecule has 0 saturated carbocycles. The second-order valence-electron chi connectivity index (χ2n) is 5.69. The minimum absolute atomic E-state index is 0.383. The van der Waals surface area contributed by atoms with E-state index in [1.807, 2.05) is 6.07 Å². The molecule has 1 aliphatic rings. The first kappa shape index (κ1) is 13.5. The number of piperazine rings is 1. The van der Waals surface area contributed by atoms with Crippen LogP contribution in [0.3, 0.4) is 0 Å². The Morgan fingerprint density at radius 1 is 1.15 bits per heavy atom. The topological polar surface area (TPSA) is 31.6 Å². The number of fused-ring (bicyclic) bond motifs is 1. The molecule has 1 N–H and O–H groups in total. The Bertz CT molecular complexity index is 597. The van der Waals surface area contributed by atoms with Gasteiger partial charge < -0.3 is 14.6 Å². The quantitative estimate of drug-likeness (QED) is 0.929. The van der Waals surface area contributed by atoms with Gasteiger partial charge in [-0.15, -0.1) is 0 Å². The number of phenolic OH excluding ortho intramolecular Hbond substituents is 1. The standard InChI is InChI=1S/C16H23N3O/c1-3-19-12-13(11-18-9-7-17(2)8-10-18)14-5-4-6-15(20)16(14)19/h4-6,12,20H,3,7-11H2,1-2H3. The molecule has 2 aromatic rings. The molecule has 4 heteroatoms. The fourth-order valence-electron chi connectivity index (χ4n) is 3.04. The zero-order chi connectivity index (χ0) is 14.1. The van der Waals surface area contributed by atoms with E-state index in [1.54, 1.807) is 6.07 Å². The zero-order valence-corrected chi connectivity index (χ0v) is 12.3. The minimum atomic E-state index is 0.383. The number of para-hydroxylation sites is 1. The molecule has 0 radical (unpaired) electrons. The van der Waals surface area contributed by atoms with Crippen molar-refractivity contribution >= 4 is 10.9 Å². The highest BCUT2D eigenvalue weighted by atomic mass is 16.3. The molecule has 20 heavy (non-hydrogen) atoms. The lowest BCUT2D eigenvalue weighted by atomic mass is 10.1. The van der Waals surface area contributed by atoms with Crippen molar-refractivity contribution in [2.24, 2.45) is 0 Å². The number of aryl methyl sites for hydroxylation is 1. The van der Waals surface area contributed by atoms with Gasteiger partial charge in [0.1, 0.15) is 5.75 Å². The lowest BCUT2D eigenvalue weighted by Gasteiger charge is -2.32. The molecule has 0 spiro atoms. The Morgan fingerprint density at radius 3 is 2.60 bits per heavy atom. The van der Waals surface area contributed by atoms with Crippen LogP contribution in [0, 0.1) is 0 Å². The van der Waals surface area contributed by atoms with Gasteiger partial charge in [0.15, 0.2) is 0 Å². The van der Waals surface area contributed by atoms with Crippen molar-refractivity contribution in [3.63, 3.8) is 0 Å². The summed E-state index contributed by atoms with van der Waals surface area (Å²) in [5, 5.41) is 11.3. The summed E-state index contributed by atoms with van der Waals surface area (Å²) in [6, 6.07) is 5.83. The molecule has 1 saturated heterocycles. The second-order valence-corrected chi connectivity index (χ2v) is 5.69. The third-order valence-electron chi connectivity index (χ3n) is 4.29. The van der Waals surface area contributed by atoms with Gasteiger partial charge in [0, 0.05) is 50.9 Å². The summed E-state index contributed by atoms with van der Waals surface area (Å²) in [6.45, 7) is 8.49. The number of hydrogen-bond donors (Lipinski definition) is 1. The highest BCUT2D eigenvalue weighted by molar-refractivity contribution is 5.88. The van der Waals surface area contributed by atoms with E-state index >= 15 is 0 Å². The Hall–Kier alpha value is -1.52. The van der Waals surface area contributed by atoms with E-state index in [4.69, 9.17) is 0 Å². The molecule has 1 fully saturated rings. The first-order valence-corrected chi connectivity index (χ1v) is 7.39. The number of aromatic hydroxyl groups is 1. The predicted molar refractivity (Wildman–Crippen MR) is 82.1 cm³/mol. The van der Waals surface area contributed by atoms with Gasteiger partial charge in [-0.25, -0.2) is 0 Å². The summed E-state index contributed by atoms with van der Waals surface area (Å²) in [7, 11) is 2.18. The Morgan fingerprint density at radius 2 is 1.90 bits per heavy atom. The third kappa shape index (κ3) is 2.41. The number of hydrogen-bond acceptors (Lipinski definition) is 3. The van der Waals surface area contributed by atoms with Crippen LogP contribution in [0.15, 0.2) is 24.4 Å². The van der Waals surface area contributed by atoms with Crippen molar-refractivity contribution in [2.45, 2.75) is 20.0 Å². The van der Waals surface area contributed by atoms with E-state index in [0.717, 1.165) is 44.8 Å². The first-order valence-electron chi connectivity index (χ1n) is 7.39. The Balaban J connectivity index is 1.90. The third-order valence-corrected chi connectivity index (χ3v) is 4.29. The summed E-state index contributed by atoms with van der Waals surface area (Å²) < 4.78 is 2.15. The van der Waals surface area contributed by atoms with E-state index in [2.05, 4.69) is 40.6 Å². The van der Waals surface area contributed by atoms with Gasteiger partial charge in [-0.3, -0.25) is 4.90 Å². The van der Waals surface area contributed by atoms with E-state index in [0.29, 0.717) is 5.75 Å². The molecule has 0 atom stereocenters. The normalized spacial score (nSPS) is 17.9. The van der Waals surface area contributed by atoms with Crippen LogP contribution in [0.5, 0.6) is 5.75 Å². The maximum atomic E-state index is 10.1. The fraction of sp³-hybridized carbons (Fsp3) is 0.500. The van der Waals surface area contributed by atoms with Crippen LogP contribution in [0.25, 0.3) is 10.9 Å². The largest absolute Gasteiger partial charge is 0.506 e. The molecule has 2 heterocycles. The van der Waals surface area contributed by atoms with Gasteiger partial charge in [0.25, 0.3) is 0 Å². The van der Waals surface area contributed by atoms with Gasteiger partial charge in [0.2, 0.25) is 0 Å². The number of rotatable bonds is 3. The van der Waals surface area contributed by atoms with Gasteiger partial charge in [-0.2, -0.15) is 0 Å². The van der Waals surface area contributed by atoms with Crippen LogP contribution in [-0.2, 0) is 13.1 Å². The average Bonchev–Trinajstić information content (AvgIpc) is 2.81. The Labute approximate surface area is 120 Å². The smallest absolute Gasteiger partial charge is 0.139 e. The molecule has 0 aliphatic carbocycles. The summed E-state index contributed by atoms with van der Waals surface area (Å²) in [4.78, 5) is 4.87. The number of aromatic nitrogens is 1. The van der Waals surface area contributed by atoms with Crippen molar-refractivity contribution in [1.29, 1.82) is 0 Å². The van der Waals surface area contributed by atoms with Crippen LogP contribution in [0.2, 0.25) is 0 Å². The van der Waals surface area contributed by atoms with Crippen LogP contribution in [0.4, 0.5) is 0 Å². The lowest BCUT2D eigenvalue weighted by molar-refractivity contribution is 0.148. The Kier molecular flexibility index (Phi) is 3.68. The maximum Gasteiger partial charge on any atom is 0.139 e. The van der Waals surface area contributed by atoms with Crippen molar-refractivity contribution in [3.8, 4) is 5.75 Å². The lowest BCUT2D eigenvalue weighted by Crippen LogP contribution is -2.43. The fourth-order valence-corrected chi connectivity index (χ4v) is 3.04. The minimum Gasteiger partial charge on any atom is -0.506 e. The number of benzene rings is 1. The maximum absolute atomic E-state index is 10.1. The van der Waals surface area contributed by atoms with E-state index in [9.17, 15) is 5.11 Å². The van der Waals surface area contributed by atoms with Crippen molar-refractivity contribution < 1.29 is 5.11 Å².